The van der Waals surface area contributed by atoms with Gasteiger partial charge in [-0.3, -0.25) is 0 Å². The summed E-state index contributed by atoms with van der Waals surface area (Å²) in [5, 5.41) is 3.08. The van der Waals surface area contributed by atoms with Crippen molar-refractivity contribution in [3.8, 4) is 0 Å². The maximum atomic E-state index is 13.3. The maximum Gasteiger partial charge on any atom is 0.141 e. The molecule has 4 heteroatoms. The summed E-state index contributed by atoms with van der Waals surface area (Å²) in [7, 11) is 1.87. The van der Waals surface area contributed by atoms with E-state index < -0.39 is 0 Å². The number of anilines is 1. The summed E-state index contributed by atoms with van der Waals surface area (Å²) >= 11 is 0. The van der Waals surface area contributed by atoms with Gasteiger partial charge in [-0.1, -0.05) is 20.8 Å². The molecule has 1 N–H and O–H groups in total. The summed E-state index contributed by atoms with van der Waals surface area (Å²) in [5.74, 6) is 1.34. The minimum atomic E-state index is -0.263. The van der Waals surface area contributed by atoms with Crippen molar-refractivity contribution >= 4 is 5.82 Å². The number of nitrogens with one attached hydrogen (secondary N) is 1. The average molecular weight is 265 g/mol. The number of hydrogen-bond acceptors (Lipinski definition) is 3. The molecule has 0 bridgehead atoms. The zero-order valence-electron chi connectivity index (χ0n) is 12.3. The van der Waals surface area contributed by atoms with E-state index in [9.17, 15) is 4.39 Å². The molecule has 2 heterocycles. The predicted octanol–water partition coefficient (Wildman–Crippen LogP) is 2.81. The summed E-state index contributed by atoms with van der Waals surface area (Å²) in [6.07, 6.45) is 2.50. The quantitative estimate of drug-likeness (QED) is 0.911. The van der Waals surface area contributed by atoms with Crippen molar-refractivity contribution in [2.75, 3.05) is 25.0 Å². The number of halogens is 1. The first-order valence-electron chi connectivity index (χ1n) is 6.96. The van der Waals surface area contributed by atoms with Crippen LogP contribution < -0.4 is 10.2 Å². The van der Waals surface area contributed by atoms with E-state index in [0.29, 0.717) is 17.9 Å². The fraction of sp³-hybridized carbons (Fsp3) is 0.667. The van der Waals surface area contributed by atoms with E-state index in [-0.39, 0.29) is 5.82 Å². The molecule has 1 atom stereocenters. The molecule has 1 saturated heterocycles. The largest absolute Gasteiger partial charge is 0.356 e. The average Bonchev–Trinajstić information content (AvgIpc) is 2.78. The Bertz CT molecular complexity index is 440. The zero-order chi connectivity index (χ0) is 14.0. The smallest absolute Gasteiger partial charge is 0.141 e. The van der Waals surface area contributed by atoms with Gasteiger partial charge >= 0.3 is 0 Å². The Morgan fingerprint density at radius 3 is 2.79 bits per heavy atom. The molecular formula is C15H24FN3. The number of nitrogens with zero attached hydrogens (tertiary/aromatic N) is 2. The molecule has 2 rings (SSSR count). The molecule has 0 aliphatic carbocycles. The molecule has 0 aromatic carbocycles. The third-order valence-corrected chi connectivity index (χ3v) is 3.99. The van der Waals surface area contributed by atoms with Gasteiger partial charge in [0.1, 0.15) is 11.6 Å². The number of hydrogen-bond donors (Lipinski definition) is 1. The normalized spacial score (nSPS) is 20.1. The minimum absolute atomic E-state index is 0.263. The molecule has 3 nitrogen and oxygen atoms in total. The first-order chi connectivity index (χ1) is 8.91. The van der Waals surface area contributed by atoms with Gasteiger partial charge in [0.05, 0.1) is 6.20 Å². The lowest BCUT2D eigenvalue weighted by atomic mass is 9.80. The van der Waals surface area contributed by atoms with Crippen molar-refractivity contribution in [1.29, 1.82) is 0 Å². The van der Waals surface area contributed by atoms with Crippen LogP contribution in [-0.4, -0.2) is 25.1 Å². The molecule has 0 amide bonds. The van der Waals surface area contributed by atoms with Crippen molar-refractivity contribution in [3.05, 3.63) is 23.6 Å². The van der Waals surface area contributed by atoms with Gasteiger partial charge < -0.3 is 10.2 Å². The van der Waals surface area contributed by atoms with Crippen LogP contribution in [0.3, 0.4) is 0 Å². The van der Waals surface area contributed by atoms with Gasteiger partial charge in [-0.25, -0.2) is 9.37 Å². The summed E-state index contributed by atoms with van der Waals surface area (Å²) in [5.41, 5.74) is 1.26. The lowest BCUT2D eigenvalue weighted by molar-refractivity contribution is 0.263. The van der Waals surface area contributed by atoms with Gasteiger partial charge in [0.2, 0.25) is 0 Å². The maximum absolute atomic E-state index is 13.3. The van der Waals surface area contributed by atoms with E-state index >= 15 is 0 Å². The fourth-order valence-electron chi connectivity index (χ4n) is 2.74. The van der Waals surface area contributed by atoms with Crippen LogP contribution in [0.4, 0.5) is 10.2 Å². The fourth-order valence-corrected chi connectivity index (χ4v) is 2.74. The highest BCUT2D eigenvalue weighted by atomic mass is 19.1. The van der Waals surface area contributed by atoms with Gasteiger partial charge in [-0.2, -0.15) is 0 Å². The van der Waals surface area contributed by atoms with Crippen LogP contribution in [0.1, 0.15) is 32.8 Å². The van der Waals surface area contributed by atoms with E-state index in [1.165, 1.54) is 12.6 Å². The molecule has 0 radical (unpaired) electrons. The summed E-state index contributed by atoms with van der Waals surface area (Å²) < 4.78 is 13.3. The number of rotatable bonds is 3. The van der Waals surface area contributed by atoms with E-state index in [1.54, 1.807) is 6.07 Å². The number of pyridine rings is 1. The standard InChI is InChI=1S/C15H24FN3/c1-15(2,3)12-5-6-19(10-12)14-11(8-17-4)7-13(16)9-18-14/h7,9,12,17H,5-6,8,10H2,1-4H3. The number of aromatic nitrogens is 1. The highest BCUT2D eigenvalue weighted by Gasteiger charge is 2.32. The van der Waals surface area contributed by atoms with Gasteiger partial charge in [-0.15, -0.1) is 0 Å². The first kappa shape index (κ1) is 14.3. The summed E-state index contributed by atoms with van der Waals surface area (Å²) in [6.45, 7) is 9.53. The molecule has 1 aromatic heterocycles. The molecule has 1 aromatic rings. The zero-order valence-corrected chi connectivity index (χ0v) is 12.3. The lowest BCUT2D eigenvalue weighted by Crippen LogP contribution is -2.27. The van der Waals surface area contributed by atoms with E-state index in [1.807, 2.05) is 7.05 Å². The Morgan fingerprint density at radius 1 is 1.47 bits per heavy atom. The SMILES string of the molecule is CNCc1cc(F)cnc1N1CCC(C(C)(C)C)C1. The third kappa shape index (κ3) is 3.24. The Balaban J connectivity index is 2.19. The van der Waals surface area contributed by atoms with E-state index in [0.717, 1.165) is 24.5 Å². The summed E-state index contributed by atoms with van der Waals surface area (Å²) in [4.78, 5) is 6.60. The van der Waals surface area contributed by atoms with E-state index in [2.05, 4.69) is 36.0 Å². The molecule has 19 heavy (non-hydrogen) atoms. The minimum Gasteiger partial charge on any atom is -0.356 e. The monoisotopic (exact) mass is 265 g/mol. The van der Waals surface area contributed by atoms with Crippen LogP contribution in [0.5, 0.6) is 0 Å². The molecule has 106 valence electrons. The predicted molar refractivity (Wildman–Crippen MR) is 76.7 cm³/mol. The second-order valence-corrected chi connectivity index (χ2v) is 6.46. The molecule has 0 spiro atoms. The highest BCUT2D eigenvalue weighted by Crippen LogP contribution is 2.35. The second kappa shape index (κ2) is 5.45. The van der Waals surface area contributed by atoms with Crippen LogP contribution in [-0.2, 0) is 6.54 Å². The van der Waals surface area contributed by atoms with Crippen LogP contribution in [0.2, 0.25) is 0 Å². The van der Waals surface area contributed by atoms with Crippen LogP contribution in [0.15, 0.2) is 12.3 Å². The first-order valence-corrected chi connectivity index (χ1v) is 6.96. The van der Waals surface area contributed by atoms with Crippen LogP contribution in [0.25, 0.3) is 0 Å². The molecule has 1 fully saturated rings. The summed E-state index contributed by atoms with van der Waals surface area (Å²) in [6, 6.07) is 1.59. The molecule has 1 unspecified atom stereocenters. The van der Waals surface area contributed by atoms with Gasteiger partial charge in [-0.05, 0) is 30.9 Å². The Kier molecular flexibility index (Phi) is 4.09. The van der Waals surface area contributed by atoms with Crippen molar-refractivity contribution in [2.45, 2.75) is 33.7 Å². The topological polar surface area (TPSA) is 28.2 Å². The van der Waals surface area contributed by atoms with Crippen molar-refractivity contribution in [2.24, 2.45) is 11.3 Å². The van der Waals surface area contributed by atoms with E-state index in [4.69, 9.17) is 0 Å². The Morgan fingerprint density at radius 2 is 2.21 bits per heavy atom. The highest BCUT2D eigenvalue weighted by molar-refractivity contribution is 5.48. The second-order valence-electron chi connectivity index (χ2n) is 6.46. The van der Waals surface area contributed by atoms with Crippen molar-refractivity contribution in [3.63, 3.8) is 0 Å². The molecule has 1 aliphatic heterocycles. The Labute approximate surface area is 115 Å². The van der Waals surface area contributed by atoms with Crippen LogP contribution >= 0.6 is 0 Å². The molecule has 0 saturated carbocycles. The van der Waals surface area contributed by atoms with Crippen molar-refractivity contribution < 1.29 is 4.39 Å². The van der Waals surface area contributed by atoms with Crippen LogP contribution in [0, 0.1) is 17.2 Å². The van der Waals surface area contributed by atoms with Crippen molar-refractivity contribution in [1.82, 2.24) is 10.3 Å². The van der Waals surface area contributed by atoms with Gasteiger partial charge in [0.25, 0.3) is 0 Å². The van der Waals surface area contributed by atoms with Gasteiger partial charge in [0, 0.05) is 25.2 Å². The molecular weight excluding hydrogens is 241 g/mol. The lowest BCUT2D eigenvalue weighted by Gasteiger charge is -2.27. The Hall–Kier alpha value is -1.16. The van der Waals surface area contributed by atoms with Gasteiger partial charge in [0.15, 0.2) is 0 Å². The molecule has 1 aliphatic rings. The third-order valence-electron chi connectivity index (χ3n) is 3.99.